The van der Waals surface area contributed by atoms with E-state index in [1.165, 1.54) is 0 Å². The van der Waals surface area contributed by atoms with E-state index in [9.17, 15) is 4.57 Å². The zero-order chi connectivity index (χ0) is 9.28. The first-order valence-corrected chi connectivity index (χ1v) is 4.80. The van der Waals surface area contributed by atoms with Gasteiger partial charge in [-0.2, -0.15) is 0 Å². The number of ether oxygens (including phenoxy) is 1. The highest BCUT2D eigenvalue weighted by molar-refractivity contribution is 7.53. The Morgan fingerprint density at radius 1 is 1.55 bits per heavy atom. The van der Waals surface area contributed by atoms with Gasteiger partial charge in [0.2, 0.25) is 5.47 Å². The van der Waals surface area contributed by atoms with Crippen LogP contribution in [0.4, 0.5) is 0 Å². The second-order valence-corrected chi connectivity index (χ2v) is 4.74. The van der Waals surface area contributed by atoms with Crippen molar-refractivity contribution >= 4 is 7.60 Å². The molecule has 6 heteroatoms. The van der Waals surface area contributed by atoms with Gasteiger partial charge in [0.25, 0.3) is 0 Å². The van der Waals surface area contributed by atoms with Crippen molar-refractivity contribution in [3.8, 4) is 0 Å². The Hall–Kier alpha value is 0.0700. The van der Waals surface area contributed by atoms with Gasteiger partial charge >= 0.3 is 7.60 Å². The fraction of sp³-hybridized carbons (Fsp3) is 1.00. The molecule has 0 radical (unpaired) electrons. The SMILES string of the molecule is CC(C)OC(C)(N)P(=O)(O)O. The van der Waals surface area contributed by atoms with Crippen molar-refractivity contribution in [1.29, 1.82) is 0 Å². The number of hydrogen-bond donors (Lipinski definition) is 3. The maximum absolute atomic E-state index is 10.6. The quantitative estimate of drug-likeness (QED) is 0.430. The first-order chi connectivity index (χ1) is 4.67. The van der Waals surface area contributed by atoms with Crippen LogP contribution in [0.25, 0.3) is 0 Å². The zero-order valence-corrected chi connectivity index (χ0v) is 7.71. The van der Waals surface area contributed by atoms with E-state index < -0.39 is 13.1 Å². The zero-order valence-electron chi connectivity index (χ0n) is 6.81. The Labute approximate surface area is 65.7 Å². The van der Waals surface area contributed by atoms with Crippen LogP contribution in [-0.2, 0) is 9.30 Å². The highest BCUT2D eigenvalue weighted by Gasteiger charge is 2.40. The van der Waals surface area contributed by atoms with E-state index in [4.69, 9.17) is 20.3 Å². The van der Waals surface area contributed by atoms with Crippen molar-refractivity contribution < 1.29 is 19.1 Å². The third kappa shape index (κ3) is 3.31. The minimum absolute atomic E-state index is 0.308. The highest BCUT2D eigenvalue weighted by Crippen LogP contribution is 2.47. The number of hydrogen-bond acceptors (Lipinski definition) is 3. The molecule has 0 aromatic carbocycles. The largest absolute Gasteiger partial charge is 0.371 e. The lowest BCUT2D eigenvalue weighted by molar-refractivity contribution is -0.0237. The Kier molecular flexibility index (Phi) is 3.23. The van der Waals surface area contributed by atoms with Crippen molar-refractivity contribution in [3.05, 3.63) is 0 Å². The lowest BCUT2D eigenvalue weighted by Crippen LogP contribution is -2.40. The average molecular weight is 183 g/mol. The van der Waals surface area contributed by atoms with E-state index in [-0.39, 0.29) is 6.10 Å². The molecule has 0 aromatic heterocycles. The molecule has 0 heterocycles. The molecule has 11 heavy (non-hydrogen) atoms. The Bertz CT molecular complexity index is 173. The van der Waals surface area contributed by atoms with Gasteiger partial charge in [0.1, 0.15) is 0 Å². The van der Waals surface area contributed by atoms with E-state index >= 15 is 0 Å². The highest BCUT2D eigenvalue weighted by atomic mass is 31.2. The molecule has 0 aliphatic rings. The van der Waals surface area contributed by atoms with Crippen LogP contribution < -0.4 is 5.73 Å². The van der Waals surface area contributed by atoms with Crippen molar-refractivity contribution in [2.75, 3.05) is 0 Å². The molecule has 0 aliphatic carbocycles. The fourth-order valence-corrected chi connectivity index (χ4v) is 0.894. The molecule has 0 aliphatic heterocycles. The molecule has 0 bridgehead atoms. The van der Waals surface area contributed by atoms with E-state index in [2.05, 4.69) is 0 Å². The number of rotatable bonds is 3. The van der Waals surface area contributed by atoms with Crippen molar-refractivity contribution in [2.45, 2.75) is 32.3 Å². The molecule has 0 amide bonds. The third-order valence-electron chi connectivity index (χ3n) is 1.05. The van der Waals surface area contributed by atoms with Gasteiger partial charge in [0.05, 0.1) is 6.10 Å². The van der Waals surface area contributed by atoms with E-state index in [0.29, 0.717) is 0 Å². The van der Waals surface area contributed by atoms with Crippen LogP contribution in [0.15, 0.2) is 0 Å². The maximum atomic E-state index is 10.6. The molecule has 0 saturated carbocycles. The molecule has 0 spiro atoms. The summed E-state index contributed by atoms with van der Waals surface area (Å²) in [6, 6.07) is 0. The molecule has 0 aromatic rings. The molecular weight excluding hydrogens is 169 g/mol. The van der Waals surface area contributed by atoms with Crippen LogP contribution in [0.5, 0.6) is 0 Å². The van der Waals surface area contributed by atoms with Crippen LogP contribution >= 0.6 is 7.60 Å². The van der Waals surface area contributed by atoms with Gasteiger partial charge in [-0.05, 0) is 20.8 Å². The Morgan fingerprint density at radius 3 is 2.00 bits per heavy atom. The summed E-state index contributed by atoms with van der Waals surface area (Å²) in [6.07, 6.45) is -0.308. The molecule has 0 rings (SSSR count). The molecule has 0 fully saturated rings. The first kappa shape index (κ1) is 11.1. The number of nitrogens with two attached hydrogens (primary N) is 1. The normalized spacial score (nSPS) is 18.5. The Morgan fingerprint density at radius 2 is 1.91 bits per heavy atom. The smallest absolute Gasteiger partial charge is 0.347 e. The van der Waals surface area contributed by atoms with Gasteiger partial charge in [-0.25, -0.2) is 0 Å². The summed E-state index contributed by atoms with van der Waals surface area (Å²) in [5.41, 5.74) is 3.34. The van der Waals surface area contributed by atoms with Crippen molar-refractivity contribution in [3.63, 3.8) is 0 Å². The first-order valence-electron chi connectivity index (χ1n) is 3.19. The summed E-state index contributed by atoms with van der Waals surface area (Å²) in [6.45, 7) is 4.47. The van der Waals surface area contributed by atoms with E-state index in [0.717, 1.165) is 6.92 Å². The lowest BCUT2D eigenvalue weighted by atomic mass is 10.5. The molecular formula is C5H14NO4P. The Balaban J connectivity index is 4.35. The summed E-state index contributed by atoms with van der Waals surface area (Å²) >= 11 is 0. The average Bonchev–Trinajstić information content (AvgIpc) is 1.56. The van der Waals surface area contributed by atoms with Crippen LogP contribution in [-0.4, -0.2) is 21.4 Å². The summed E-state index contributed by atoms with van der Waals surface area (Å²) in [7, 11) is -4.37. The van der Waals surface area contributed by atoms with Gasteiger partial charge in [-0.15, -0.1) is 0 Å². The van der Waals surface area contributed by atoms with Gasteiger partial charge < -0.3 is 14.5 Å². The molecule has 68 valence electrons. The predicted octanol–water partition coefficient (Wildman–Crippen LogP) is 0.221. The van der Waals surface area contributed by atoms with Crippen molar-refractivity contribution in [2.24, 2.45) is 5.73 Å². The van der Waals surface area contributed by atoms with Gasteiger partial charge in [-0.3, -0.25) is 10.3 Å². The lowest BCUT2D eigenvalue weighted by Gasteiger charge is -2.27. The topological polar surface area (TPSA) is 92.8 Å². The summed E-state index contributed by atoms with van der Waals surface area (Å²) in [4.78, 5) is 17.3. The molecule has 4 N–H and O–H groups in total. The van der Waals surface area contributed by atoms with Crippen LogP contribution in [0.1, 0.15) is 20.8 Å². The monoisotopic (exact) mass is 183 g/mol. The van der Waals surface area contributed by atoms with Crippen molar-refractivity contribution in [1.82, 2.24) is 0 Å². The summed E-state index contributed by atoms with van der Waals surface area (Å²) < 4.78 is 15.4. The van der Waals surface area contributed by atoms with Crippen LogP contribution in [0.2, 0.25) is 0 Å². The predicted molar refractivity (Wildman–Crippen MR) is 40.9 cm³/mol. The summed E-state index contributed by atoms with van der Waals surface area (Å²) in [5.74, 6) is 0. The standard InChI is InChI=1S/C5H14NO4P/c1-4(2)10-5(3,6)11(7,8)9/h4H,6H2,1-3H3,(H2,7,8,9). The van der Waals surface area contributed by atoms with Crippen LogP contribution in [0.3, 0.4) is 0 Å². The minimum atomic E-state index is -4.37. The van der Waals surface area contributed by atoms with Gasteiger partial charge in [0, 0.05) is 0 Å². The minimum Gasteiger partial charge on any atom is -0.347 e. The van der Waals surface area contributed by atoms with Crippen LogP contribution in [0, 0.1) is 0 Å². The third-order valence-corrected chi connectivity index (χ3v) is 2.31. The second kappa shape index (κ2) is 3.21. The molecule has 1 atom stereocenters. The summed E-state index contributed by atoms with van der Waals surface area (Å²) in [5, 5.41) is 0. The fourth-order valence-electron chi connectivity index (χ4n) is 0.546. The molecule has 5 nitrogen and oxygen atoms in total. The molecule has 0 saturated heterocycles. The van der Waals surface area contributed by atoms with Gasteiger partial charge in [-0.1, -0.05) is 0 Å². The van der Waals surface area contributed by atoms with E-state index in [1.54, 1.807) is 13.8 Å². The van der Waals surface area contributed by atoms with E-state index in [1.807, 2.05) is 0 Å². The molecule has 1 unspecified atom stereocenters. The second-order valence-electron chi connectivity index (χ2n) is 2.77. The van der Waals surface area contributed by atoms with Gasteiger partial charge in [0.15, 0.2) is 0 Å². The maximum Gasteiger partial charge on any atom is 0.371 e.